The van der Waals surface area contributed by atoms with E-state index in [9.17, 15) is 9.59 Å². The second-order valence-corrected chi connectivity index (χ2v) is 4.76. The van der Waals surface area contributed by atoms with Gasteiger partial charge in [-0.15, -0.1) is 0 Å². The van der Waals surface area contributed by atoms with E-state index in [0.717, 1.165) is 5.56 Å². The highest BCUT2D eigenvalue weighted by Gasteiger charge is 2.23. The fourth-order valence-electron chi connectivity index (χ4n) is 2.08. The van der Waals surface area contributed by atoms with Gasteiger partial charge in [0, 0.05) is 30.9 Å². The van der Waals surface area contributed by atoms with Crippen molar-refractivity contribution in [2.45, 2.75) is 25.7 Å². The summed E-state index contributed by atoms with van der Waals surface area (Å²) in [6.07, 6.45) is 2.41. The molecule has 1 aliphatic carbocycles. The third-order valence-corrected chi connectivity index (χ3v) is 3.09. The van der Waals surface area contributed by atoms with Crippen LogP contribution in [-0.4, -0.2) is 11.8 Å². The summed E-state index contributed by atoms with van der Waals surface area (Å²) in [6.45, 7) is 1.33. The van der Waals surface area contributed by atoms with Gasteiger partial charge >= 0.3 is 5.97 Å². The van der Waals surface area contributed by atoms with Crippen LogP contribution in [0.15, 0.2) is 36.1 Å². The van der Waals surface area contributed by atoms with E-state index >= 15 is 0 Å². The highest BCUT2D eigenvalue weighted by atomic mass is 35.5. The summed E-state index contributed by atoms with van der Waals surface area (Å²) in [5.41, 5.74) is 1.03. The molecule has 94 valence electrons. The zero-order chi connectivity index (χ0) is 13.1. The molecule has 0 aromatic heterocycles. The largest absolute Gasteiger partial charge is 0.431 e. The van der Waals surface area contributed by atoms with Crippen LogP contribution in [0.2, 0.25) is 5.02 Å². The van der Waals surface area contributed by atoms with Crippen LogP contribution in [0, 0.1) is 0 Å². The highest BCUT2D eigenvalue weighted by Crippen LogP contribution is 2.32. The van der Waals surface area contributed by atoms with Crippen LogP contribution < -0.4 is 0 Å². The molecule has 4 heteroatoms. The van der Waals surface area contributed by atoms with Gasteiger partial charge in [0.05, 0.1) is 0 Å². The molecular formula is C14H13ClO3. The Morgan fingerprint density at radius 3 is 2.56 bits per heavy atom. The lowest BCUT2D eigenvalue weighted by Crippen LogP contribution is -2.15. The third-order valence-electron chi connectivity index (χ3n) is 2.83. The van der Waals surface area contributed by atoms with Crippen LogP contribution in [0.5, 0.6) is 0 Å². The Hall–Kier alpha value is -1.61. The number of benzene rings is 1. The molecule has 1 aromatic carbocycles. The van der Waals surface area contributed by atoms with Crippen molar-refractivity contribution in [1.29, 1.82) is 0 Å². The number of hydrogen-bond acceptors (Lipinski definition) is 3. The van der Waals surface area contributed by atoms with Gasteiger partial charge in [-0.05, 0) is 23.6 Å². The van der Waals surface area contributed by atoms with Gasteiger partial charge in [-0.3, -0.25) is 9.59 Å². The standard InChI is InChI=1S/C14H13ClO3/c1-9(16)18-14-7-11(6-13(17)8-14)10-2-4-12(15)5-3-10/h2-5,8,11H,6-7H2,1H3. The Bertz CT molecular complexity index is 502. The molecule has 0 saturated carbocycles. The summed E-state index contributed by atoms with van der Waals surface area (Å²) in [7, 11) is 0. The molecule has 0 N–H and O–H groups in total. The topological polar surface area (TPSA) is 43.4 Å². The maximum atomic E-state index is 11.6. The normalized spacial score (nSPS) is 19.3. The minimum atomic E-state index is -0.397. The van der Waals surface area contributed by atoms with E-state index in [-0.39, 0.29) is 11.7 Å². The molecule has 0 aliphatic heterocycles. The van der Waals surface area contributed by atoms with Gasteiger partial charge in [-0.1, -0.05) is 23.7 Å². The first-order chi connectivity index (χ1) is 8.54. The van der Waals surface area contributed by atoms with E-state index in [0.29, 0.717) is 23.6 Å². The minimum Gasteiger partial charge on any atom is -0.431 e. The summed E-state index contributed by atoms with van der Waals surface area (Å²) in [4.78, 5) is 22.5. The molecule has 18 heavy (non-hydrogen) atoms. The molecule has 1 aliphatic rings. The van der Waals surface area contributed by atoms with Crippen LogP contribution in [0.25, 0.3) is 0 Å². The van der Waals surface area contributed by atoms with Crippen molar-refractivity contribution in [2.75, 3.05) is 0 Å². The fraction of sp³-hybridized carbons (Fsp3) is 0.286. The van der Waals surface area contributed by atoms with Crippen molar-refractivity contribution in [3.05, 3.63) is 46.7 Å². The number of esters is 1. The molecule has 0 heterocycles. The monoisotopic (exact) mass is 264 g/mol. The molecule has 1 aromatic rings. The van der Waals surface area contributed by atoms with Crippen LogP contribution in [0.3, 0.4) is 0 Å². The summed E-state index contributed by atoms with van der Waals surface area (Å²) < 4.78 is 5.01. The Balaban J connectivity index is 2.16. The number of allylic oxidation sites excluding steroid dienone is 2. The maximum Gasteiger partial charge on any atom is 0.307 e. The van der Waals surface area contributed by atoms with E-state index in [2.05, 4.69) is 0 Å². The van der Waals surface area contributed by atoms with Crippen molar-refractivity contribution >= 4 is 23.4 Å². The molecule has 3 nitrogen and oxygen atoms in total. The molecule has 0 fully saturated rings. The molecule has 2 rings (SSSR count). The number of halogens is 1. The van der Waals surface area contributed by atoms with E-state index in [1.165, 1.54) is 13.0 Å². The predicted octanol–water partition coefficient (Wildman–Crippen LogP) is 3.23. The zero-order valence-electron chi connectivity index (χ0n) is 9.98. The lowest BCUT2D eigenvalue weighted by molar-refractivity contribution is -0.137. The third kappa shape index (κ3) is 3.20. The van der Waals surface area contributed by atoms with Gasteiger partial charge in [-0.25, -0.2) is 0 Å². The zero-order valence-corrected chi connectivity index (χ0v) is 10.7. The number of hydrogen-bond donors (Lipinski definition) is 0. The number of ether oxygens (including phenoxy) is 1. The summed E-state index contributed by atoms with van der Waals surface area (Å²) in [5, 5.41) is 0.664. The average Bonchev–Trinajstić information content (AvgIpc) is 2.28. The first-order valence-corrected chi connectivity index (χ1v) is 6.09. The van der Waals surface area contributed by atoms with Crippen molar-refractivity contribution in [2.24, 2.45) is 0 Å². The lowest BCUT2D eigenvalue weighted by atomic mass is 9.86. The SMILES string of the molecule is CC(=O)OC1=CC(=O)CC(c2ccc(Cl)cc2)C1. The van der Waals surface area contributed by atoms with Crippen molar-refractivity contribution < 1.29 is 14.3 Å². The van der Waals surface area contributed by atoms with E-state index in [1.807, 2.05) is 12.1 Å². The molecule has 1 atom stereocenters. The Labute approximate surface area is 110 Å². The second kappa shape index (κ2) is 5.36. The summed E-state index contributed by atoms with van der Waals surface area (Å²) in [5.74, 6) is 0.0797. The van der Waals surface area contributed by atoms with Crippen molar-refractivity contribution in [1.82, 2.24) is 0 Å². The van der Waals surface area contributed by atoms with Crippen molar-refractivity contribution in [3.63, 3.8) is 0 Å². The summed E-state index contributed by atoms with van der Waals surface area (Å²) in [6, 6.07) is 7.39. The molecule has 0 radical (unpaired) electrons. The van der Waals surface area contributed by atoms with Crippen LogP contribution >= 0.6 is 11.6 Å². The minimum absolute atomic E-state index is 0.0162. The van der Waals surface area contributed by atoms with E-state index in [4.69, 9.17) is 16.3 Å². The second-order valence-electron chi connectivity index (χ2n) is 4.33. The van der Waals surface area contributed by atoms with Gasteiger partial charge in [-0.2, -0.15) is 0 Å². The van der Waals surface area contributed by atoms with E-state index in [1.54, 1.807) is 12.1 Å². The summed E-state index contributed by atoms with van der Waals surface area (Å²) >= 11 is 5.83. The van der Waals surface area contributed by atoms with Gasteiger partial charge in [0.2, 0.25) is 0 Å². The first-order valence-electron chi connectivity index (χ1n) is 5.72. The van der Waals surface area contributed by atoms with Gasteiger partial charge < -0.3 is 4.74 Å². The number of rotatable bonds is 2. The Morgan fingerprint density at radius 2 is 1.94 bits per heavy atom. The van der Waals surface area contributed by atoms with Crippen LogP contribution in [0.1, 0.15) is 31.2 Å². The van der Waals surface area contributed by atoms with Crippen LogP contribution in [0.4, 0.5) is 0 Å². The highest BCUT2D eigenvalue weighted by molar-refractivity contribution is 6.30. The number of carbonyl (C=O) groups is 2. The molecule has 0 amide bonds. The predicted molar refractivity (Wildman–Crippen MR) is 68.3 cm³/mol. The lowest BCUT2D eigenvalue weighted by Gasteiger charge is -2.21. The van der Waals surface area contributed by atoms with Gasteiger partial charge in [0.15, 0.2) is 5.78 Å². The molecule has 0 bridgehead atoms. The number of carbonyl (C=O) groups excluding carboxylic acids is 2. The molecule has 0 spiro atoms. The average molecular weight is 265 g/mol. The first kappa shape index (κ1) is 12.8. The maximum absolute atomic E-state index is 11.6. The molecule has 0 saturated heterocycles. The van der Waals surface area contributed by atoms with E-state index < -0.39 is 5.97 Å². The van der Waals surface area contributed by atoms with Gasteiger partial charge in [0.25, 0.3) is 0 Å². The molecular weight excluding hydrogens is 252 g/mol. The smallest absolute Gasteiger partial charge is 0.307 e. The number of ketones is 1. The van der Waals surface area contributed by atoms with Crippen molar-refractivity contribution in [3.8, 4) is 0 Å². The molecule has 1 unspecified atom stereocenters. The fourth-order valence-corrected chi connectivity index (χ4v) is 2.21. The quantitative estimate of drug-likeness (QED) is 0.770. The Kier molecular flexibility index (Phi) is 3.82. The van der Waals surface area contributed by atoms with Crippen LogP contribution in [-0.2, 0) is 14.3 Å². The Morgan fingerprint density at radius 1 is 1.28 bits per heavy atom. The van der Waals surface area contributed by atoms with Gasteiger partial charge in [0.1, 0.15) is 5.76 Å².